The Kier molecular flexibility index (Phi) is 4.89. The topological polar surface area (TPSA) is 37.3 Å². The molecule has 0 fully saturated rings. The number of hydrazone groups is 1. The third kappa shape index (κ3) is 3.58. The lowest BCUT2D eigenvalue weighted by Crippen LogP contribution is -2.10. The number of nitrogens with zero attached hydrogens (tertiary/aromatic N) is 2. The second-order valence-electron chi connectivity index (χ2n) is 5.84. The first-order chi connectivity index (χ1) is 12.1. The number of aromatic nitrogens is 1. The zero-order valence-electron chi connectivity index (χ0n) is 14.4. The van der Waals surface area contributed by atoms with Gasteiger partial charge in [0, 0.05) is 17.1 Å². The summed E-state index contributed by atoms with van der Waals surface area (Å²) in [7, 11) is 0. The molecule has 0 bridgehead atoms. The van der Waals surface area contributed by atoms with E-state index < -0.39 is 0 Å². The Morgan fingerprint density at radius 3 is 2.80 bits per heavy atom. The third-order valence-corrected chi connectivity index (χ3v) is 4.14. The van der Waals surface area contributed by atoms with Crippen LogP contribution in [0.25, 0.3) is 16.5 Å². The second-order valence-corrected chi connectivity index (χ2v) is 5.84. The fourth-order valence-corrected chi connectivity index (χ4v) is 2.70. The minimum Gasteiger partial charge on any atom is -0.278 e. The molecule has 0 unspecified atom stereocenters. The maximum Gasteiger partial charge on any atom is 0.132 e. The Bertz CT molecular complexity index is 955. The van der Waals surface area contributed by atoms with Gasteiger partial charge in [-0.2, -0.15) is 5.10 Å². The number of fused-ring (bicyclic) bond motifs is 1. The molecule has 3 rings (SSSR count). The van der Waals surface area contributed by atoms with E-state index >= 15 is 0 Å². The number of rotatable bonds is 5. The molecular formula is C21H20FN3. The van der Waals surface area contributed by atoms with Gasteiger partial charge < -0.3 is 0 Å². The van der Waals surface area contributed by atoms with Gasteiger partial charge in [0.05, 0.1) is 17.1 Å². The van der Waals surface area contributed by atoms with Crippen LogP contribution in [0.5, 0.6) is 0 Å². The molecule has 0 saturated heterocycles. The zero-order chi connectivity index (χ0) is 17.8. The smallest absolute Gasteiger partial charge is 0.132 e. The number of halogens is 1. The maximum atomic E-state index is 14.1. The number of hydrogen-bond donors (Lipinski definition) is 1. The van der Waals surface area contributed by atoms with Gasteiger partial charge in [-0.1, -0.05) is 43.8 Å². The summed E-state index contributed by atoms with van der Waals surface area (Å²) >= 11 is 0. The fourth-order valence-electron chi connectivity index (χ4n) is 2.70. The van der Waals surface area contributed by atoms with Crippen molar-refractivity contribution < 1.29 is 4.39 Å². The molecule has 0 radical (unpaired) electrons. The predicted octanol–water partition coefficient (Wildman–Crippen LogP) is 4.92. The Morgan fingerprint density at radius 1 is 1.20 bits per heavy atom. The van der Waals surface area contributed by atoms with Crippen LogP contribution in [0.1, 0.15) is 30.7 Å². The standard InChI is InChI=1S/C21H20FN3/c1-4-16-9-10-20(22)19(13-16)14(2)24-25-15(3)21-18-8-6-5-7-17(18)11-12-23-21/h5-13,24H,2,4H2,1,3H3/b25-15+. The maximum absolute atomic E-state index is 14.1. The summed E-state index contributed by atoms with van der Waals surface area (Å²) in [5, 5.41) is 6.48. The highest BCUT2D eigenvalue weighted by Crippen LogP contribution is 2.19. The fraction of sp³-hybridized carbons (Fsp3) is 0.143. The van der Waals surface area contributed by atoms with Gasteiger partial charge in [-0.3, -0.25) is 10.4 Å². The van der Waals surface area contributed by atoms with E-state index in [2.05, 4.69) is 22.1 Å². The number of pyridine rings is 1. The van der Waals surface area contributed by atoms with Gasteiger partial charge in [-0.05, 0) is 42.5 Å². The van der Waals surface area contributed by atoms with E-state index in [0.717, 1.165) is 28.5 Å². The highest BCUT2D eigenvalue weighted by Gasteiger charge is 2.08. The molecule has 4 heteroatoms. The Labute approximate surface area is 146 Å². The lowest BCUT2D eigenvalue weighted by atomic mass is 10.1. The second kappa shape index (κ2) is 7.26. The van der Waals surface area contributed by atoms with Gasteiger partial charge in [0.1, 0.15) is 5.82 Å². The van der Waals surface area contributed by atoms with Gasteiger partial charge in [-0.25, -0.2) is 4.39 Å². The average molecular weight is 333 g/mol. The first-order valence-electron chi connectivity index (χ1n) is 8.22. The summed E-state index contributed by atoms with van der Waals surface area (Å²) in [6, 6.07) is 15.0. The lowest BCUT2D eigenvalue weighted by molar-refractivity contribution is 0.621. The molecular weight excluding hydrogens is 313 g/mol. The summed E-state index contributed by atoms with van der Waals surface area (Å²) in [5.41, 5.74) is 6.28. The first-order valence-corrected chi connectivity index (χ1v) is 8.22. The summed E-state index contributed by atoms with van der Waals surface area (Å²) in [4.78, 5) is 4.43. The van der Waals surface area contributed by atoms with Crippen molar-refractivity contribution in [2.45, 2.75) is 20.3 Å². The van der Waals surface area contributed by atoms with Crippen LogP contribution >= 0.6 is 0 Å². The van der Waals surface area contributed by atoms with E-state index in [-0.39, 0.29) is 5.82 Å². The zero-order valence-corrected chi connectivity index (χ0v) is 14.4. The highest BCUT2D eigenvalue weighted by molar-refractivity contribution is 6.07. The minimum absolute atomic E-state index is 0.314. The Morgan fingerprint density at radius 2 is 2.00 bits per heavy atom. The van der Waals surface area contributed by atoms with E-state index in [1.165, 1.54) is 6.07 Å². The van der Waals surface area contributed by atoms with Crippen molar-refractivity contribution in [2.75, 3.05) is 0 Å². The van der Waals surface area contributed by atoms with Crippen LogP contribution in [0.15, 0.2) is 66.4 Å². The highest BCUT2D eigenvalue weighted by atomic mass is 19.1. The van der Waals surface area contributed by atoms with Gasteiger partial charge in [0.15, 0.2) is 0 Å². The number of benzene rings is 2. The van der Waals surface area contributed by atoms with Crippen molar-refractivity contribution in [3.05, 3.63) is 83.9 Å². The lowest BCUT2D eigenvalue weighted by Gasteiger charge is -2.10. The van der Waals surface area contributed by atoms with Gasteiger partial charge in [0.25, 0.3) is 0 Å². The summed E-state index contributed by atoms with van der Waals surface area (Å²) < 4.78 is 14.1. The molecule has 0 aliphatic rings. The molecule has 0 aliphatic carbocycles. The summed E-state index contributed by atoms with van der Waals surface area (Å²) in [6.45, 7) is 7.81. The average Bonchev–Trinajstić information content (AvgIpc) is 2.65. The Balaban J connectivity index is 1.87. The van der Waals surface area contributed by atoms with Gasteiger partial charge in [0.2, 0.25) is 0 Å². The molecule has 126 valence electrons. The molecule has 0 atom stereocenters. The van der Waals surface area contributed by atoms with Crippen LogP contribution < -0.4 is 5.43 Å². The van der Waals surface area contributed by atoms with Crippen molar-refractivity contribution in [3.63, 3.8) is 0 Å². The summed E-state index contributed by atoms with van der Waals surface area (Å²) in [5.74, 6) is -0.314. The van der Waals surface area contributed by atoms with E-state index in [0.29, 0.717) is 17.0 Å². The molecule has 1 heterocycles. The van der Waals surface area contributed by atoms with Gasteiger partial charge >= 0.3 is 0 Å². The molecule has 3 aromatic rings. The van der Waals surface area contributed by atoms with Crippen molar-refractivity contribution in [1.82, 2.24) is 10.4 Å². The molecule has 1 N–H and O–H groups in total. The van der Waals surface area contributed by atoms with E-state index in [1.807, 2.05) is 44.2 Å². The number of nitrogens with one attached hydrogen (secondary N) is 1. The Hall–Kier alpha value is -3.01. The normalized spacial score (nSPS) is 11.6. The van der Waals surface area contributed by atoms with Crippen LogP contribution in [-0.4, -0.2) is 10.7 Å². The van der Waals surface area contributed by atoms with E-state index in [4.69, 9.17) is 0 Å². The monoisotopic (exact) mass is 333 g/mol. The number of hydrogen-bond acceptors (Lipinski definition) is 3. The minimum atomic E-state index is -0.314. The molecule has 1 aromatic heterocycles. The third-order valence-electron chi connectivity index (χ3n) is 4.14. The van der Waals surface area contributed by atoms with Crippen molar-refractivity contribution >= 4 is 22.2 Å². The quantitative estimate of drug-likeness (QED) is 0.531. The van der Waals surface area contributed by atoms with Gasteiger partial charge in [-0.15, -0.1) is 0 Å². The van der Waals surface area contributed by atoms with E-state index in [9.17, 15) is 4.39 Å². The largest absolute Gasteiger partial charge is 0.278 e. The van der Waals surface area contributed by atoms with Crippen molar-refractivity contribution in [3.8, 4) is 0 Å². The number of aryl methyl sites for hydroxylation is 1. The van der Waals surface area contributed by atoms with Crippen LogP contribution in [0, 0.1) is 5.82 Å². The van der Waals surface area contributed by atoms with Crippen LogP contribution in [0.2, 0.25) is 0 Å². The molecule has 3 nitrogen and oxygen atoms in total. The molecule has 2 aromatic carbocycles. The predicted molar refractivity (Wildman–Crippen MR) is 102 cm³/mol. The van der Waals surface area contributed by atoms with Crippen molar-refractivity contribution in [1.29, 1.82) is 0 Å². The molecule has 0 saturated carbocycles. The molecule has 0 aliphatic heterocycles. The van der Waals surface area contributed by atoms with Crippen LogP contribution in [0.3, 0.4) is 0 Å². The summed E-state index contributed by atoms with van der Waals surface area (Å²) in [6.07, 6.45) is 2.60. The van der Waals surface area contributed by atoms with E-state index in [1.54, 1.807) is 18.3 Å². The molecule has 0 amide bonds. The first kappa shape index (κ1) is 16.8. The van der Waals surface area contributed by atoms with Crippen LogP contribution in [0.4, 0.5) is 4.39 Å². The molecule has 25 heavy (non-hydrogen) atoms. The molecule has 0 spiro atoms. The van der Waals surface area contributed by atoms with Crippen LogP contribution in [-0.2, 0) is 6.42 Å². The SMILES string of the molecule is C=C(N/N=C(\C)c1nccc2ccccc12)c1cc(CC)ccc1F. The van der Waals surface area contributed by atoms with Crippen molar-refractivity contribution in [2.24, 2.45) is 5.10 Å².